The molecule has 0 amide bonds. The van der Waals surface area contributed by atoms with Crippen LogP contribution in [0.1, 0.15) is 18.4 Å². The molecule has 0 bridgehead atoms. The second-order valence-corrected chi connectivity index (χ2v) is 7.95. The molecule has 4 rings (SSSR count). The van der Waals surface area contributed by atoms with Gasteiger partial charge in [0.15, 0.2) is 4.80 Å². The number of halogens is 2. The molecule has 1 aliphatic rings. The zero-order valence-electron chi connectivity index (χ0n) is 15.0. The van der Waals surface area contributed by atoms with Gasteiger partial charge in [0.1, 0.15) is 5.82 Å². The molecule has 1 unspecified atom stereocenters. The summed E-state index contributed by atoms with van der Waals surface area (Å²) in [4.78, 5) is 5.70. The Morgan fingerprint density at radius 3 is 2.78 bits per heavy atom. The molecule has 1 saturated heterocycles. The van der Waals surface area contributed by atoms with Crippen molar-refractivity contribution in [3.63, 3.8) is 0 Å². The van der Waals surface area contributed by atoms with Crippen LogP contribution in [0.25, 0.3) is 11.3 Å². The van der Waals surface area contributed by atoms with Crippen molar-refractivity contribution in [1.82, 2.24) is 4.57 Å². The molecule has 1 fully saturated rings. The standard InChI is InChI=1S/C21H20ClFN2OS/c1-14-4-9-17(11-19(14)22)24-21-25(12-18-3-2-10-26-18)20(13-27-21)15-5-7-16(23)8-6-15/h4-9,11,13,18H,2-3,10,12H2,1H3. The fraction of sp³-hybridized carbons (Fsp3) is 0.286. The summed E-state index contributed by atoms with van der Waals surface area (Å²) >= 11 is 7.82. The first-order valence-corrected chi connectivity index (χ1v) is 10.2. The van der Waals surface area contributed by atoms with E-state index in [1.807, 2.05) is 25.1 Å². The fourth-order valence-corrected chi connectivity index (χ4v) is 4.31. The van der Waals surface area contributed by atoms with Crippen molar-refractivity contribution in [3.05, 3.63) is 69.0 Å². The zero-order chi connectivity index (χ0) is 18.8. The van der Waals surface area contributed by atoms with Crippen molar-refractivity contribution in [3.8, 4) is 11.3 Å². The lowest BCUT2D eigenvalue weighted by molar-refractivity contribution is 0.0968. The Bertz CT molecular complexity index is 1000. The maximum absolute atomic E-state index is 13.3. The van der Waals surface area contributed by atoms with Gasteiger partial charge < -0.3 is 9.30 Å². The molecule has 140 valence electrons. The number of hydrogen-bond acceptors (Lipinski definition) is 3. The molecule has 2 aromatic carbocycles. The number of aryl methyl sites for hydroxylation is 1. The van der Waals surface area contributed by atoms with E-state index < -0.39 is 0 Å². The molecule has 0 N–H and O–H groups in total. The number of benzene rings is 2. The quantitative estimate of drug-likeness (QED) is 0.547. The van der Waals surface area contributed by atoms with Gasteiger partial charge in [0.05, 0.1) is 24.0 Å². The number of thiazole rings is 1. The molecule has 1 aromatic heterocycles. The van der Waals surface area contributed by atoms with Crippen molar-refractivity contribution in [2.75, 3.05) is 6.61 Å². The minimum Gasteiger partial charge on any atom is -0.376 e. The minimum absolute atomic E-state index is 0.180. The summed E-state index contributed by atoms with van der Waals surface area (Å²) in [6, 6.07) is 12.4. The predicted molar refractivity (Wildman–Crippen MR) is 108 cm³/mol. The highest BCUT2D eigenvalue weighted by Crippen LogP contribution is 2.25. The second kappa shape index (κ2) is 7.97. The normalized spacial score (nSPS) is 17.6. The van der Waals surface area contributed by atoms with Gasteiger partial charge >= 0.3 is 0 Å². The predicted octanol–water partition coefficient (Wildman–Crippen LogP) is 5.73. The molecule has 0 radical (unpaired) electrons. The Balaban J connectivity index is 1.79. The highest BCUT2D eigenvalue weighted by atomic mass is 35.5. The van der Waals surface area contributed by atoms with E-state index in [-0.39, 0.29) is 11.9 Å². The van der Waals surface area contributed by atoms with Gasteiger partial charge in [-0.15, -0.1) is 11.3 Å². The van der Waals surface area contributed by atoms with E-state index in [0.717, 1.165) is 53.3 Å². The summed E-state index contributed by atoms with van der Waals surface area (Å²) in [5, 5.41) is 2.77. The van der Waals surface area contributed by atoms with Crippen molar-refractivity contribution in [1.29, 1.82) is 0 Å². The summed E-state index contributed by atoms with van der Waals surface area (Å²) in [7, 11) is 0. The van der Waals surface area contributed by atoms with E-state index in [9.17, 15) is 4.39 Å². The van der Waals surface area contributed by atoms with E-state index in [1.54, 1.807) is 23.5 Å². The first-order valence-electron chi connectivity index (χ1n) is 8.97. The van der Waals surface area contributed by atoms with Crippen LogP contribution in [0.4, 0.5) is 10.1 Å². The molecule has 27 heavy (non-hydrogen) atoms. The van der Waals surface area contributed by atoms with Crippen LogP contribution in [0.15, 0.2) is 52.8 Å². The molecule has 3 nitrogen and oxygen atoms in total. The van der Waals surface area contributed by atoms with Crippen LogP contribution in [-0.4, -0.2) is 17.3 Å². The smallest absolute Gasteiger partial charge is 0.190 e. The van der Waals surface area contributed by atoms with Gasteiger partial charge in [-0.05, 0) is 67.3 Å². The van der Waals surface area contributed by atoms with Crippen molar-refractivity contribution in [2.45, 2.75) is 32.4 Å². The molecule has 3 aromatic rings. The lowest BCUT2D eigenvalue weighted by Gasteiger charge is -2.14. The van der Waals surface area contributed by atoms with Crippen molar-refractivity contribution >= 4 is 28.6 Å². The second-order valence-electron chi connectivity index (χ2n) is 6.70. The Morgan fingerprint density at radius 1 is 1.26 bits per heavy atom. The van der Waals surface area contributed by atoms with E-state index in [2.05, 4.69) is 9.95 Å². The van der Waals surface area contributed by atoms with E-state index in [1.165, 1.54) is 12.1 Å². The average molecular weight is 403 g/mol. The topological polar surface area (TPSA) is 26.5 Å². The average Bonchev–Trinajstić information content (AvgIpc) is 3.30. The Hall–Kier alpha value is -1.95. The van der Waals surface area contributed by atoms with Crippen LogP contribution >= 0.6 is 22.9 Å². The molecule has 1 atom stereocenters. The SMILES string of the molecule is Cc1ccc(N=c2scc(-c3ccc(F)cc3)n2CC2CCCO2)cc1Cl. The molecule has 0 saturated carbocycles. The Morgan fingerprint density at radius 2 is 2.07 bits per heavy atom. The van der Waals surface area contributed by atoms with E-state index in [4.69, 9.17) is 21.3 Å². The highest BCUT2D eigenvalue weighted by molar-refractivity contribution is 7.07. The molecule has 6 heteroatoms. The summed E-state index contributed by atoms with van der Waals surface area (Å²) in [5.74, 6) is -0.237. The number of aromatic nitrogens is 1. The number of nitrogens with zero attached hydrogens (tertiary/aromatic N) is 2. The van der Waals surface area contributed by atoms with Crippen LogP contribution in [0.3, 0.4) is 0 Å². The molecule has 1 aliphatic heterocycles. The van der Waals surface area contributed by atoms with Crippen LogP contribution in [-0.2, 0) is 11.3 Å². The van der Waals surface area contributed by atoms with Gasteiger partial charge in [0, 0.05) is 17.0 Å². The number of ether oxygens (including phenoxy) is 1. The molecular formula is C21H20ClFN2OS. The van der Waals surface area contributed by atoms with Gasteiger partial charge in [-0.3, -0.25) is 0 Å². The van der Waals surface area contributed by atoms with Crippen LogP contribution < -0.4 is 4.80 Å². The summed E-state index contributed by atoms with van der Waals surface area (Å²) in [6.07, 6.45) is 2.31. The lowest BCUT2D eigenvalue weighted by Crippen LogP contribution is -2.24. The Labute approximate surface area is 166 Å². The summed E-state index contributed by atoms with van der Waals surface area (Å²) in [5.41, 5.74) is 3.83. The first kappa shape index (κ1) is 18.4. The van der Waals surface area contributed by atoms with Crippen molar-refractivity contribution < 1.29 is 9.13 Å². The highest BCUT2D eigenvalue weighted by Gasteiger charge is 2.19. The van der Waals surface area contributed by atoms with Gasteiger partial charge in [-0.1, -0.05) is 17.7 Å². The number of hydrogen-bond donors (Lipinski definition) is 0. The third-order valence-corrected chi connectivity index (χ3v) is 6.00. The molecule has 0 aliphatic carbocycles. The largest absolute Gasteiger partial charge is 0.376 e. The van der Waals surface area contributed by atoms with Gasteiger partial charge in [0.25, 0.3) is 0 Å². The van der Waals surface area contributed by atoms with E-state index in [0.29, 0.717) is 5.02 Å². The molecule has 0 spiro atoms. The fourth-order valence-electron chi connectivity index (χ4n) is 3.20. The lowest BCUT2D eigenvalue weighted by atomic mass is 10.1. The van der Waals surface area contributed by atoms with Gasteiger partial charge in [-0.25, -0.2) is 9.38 Å². The Kier molecular flexibility index (Phi) is 5.43. The molecule has 2 heterocycles. The third-order valence-electron chi connectivity index (χ3n) is 4.73. The minimum atomic E-state index is -0.237. The van der Waals surface area contributed by atoms with E-state index >= 15 is 0 Å². The molecular weight excluding hydrogens is 383 g/mol. The van der Waals surface area contributed by atoms with Gasteiger partial charge in [0.2, 0.25) is 0 Å². The zero-order valence-corrected chi connectivity index (χ0v) is 16.6. The maximum Gasteiger partial charge on any atom is 0.190 e. The maximum atomic E-state index is 13.3. The van der Waals surface area contributed by atoms with Crippen LogP contribution in [0, 0.1) is 12.7 Å². The monoisotopic (exact) mass is 402 g/mol. The van der Waals surface area contributed by atoms with Gasteiger partial charge in [-0.2, -0.15) is 0 Å². The van der Waals surface area contributed by atoms with Crippen molar-refractivity contribution in [2.24, 2.45) is 4.99 Å². The number of rotatable bonds is 4. The van der Waals surface area contributed by atoms with Crippen LogP contribution in [0.5, 0.6) is 0 Å². The summed E-state index contributed by atoms with van der Waals surface area (Å²) in [6.45, 7) is 3.51. The first-order chi connectivity index (χ1) is 13.1. The van der Waals surface area contributed by atoms with Crippen LogP contribution in [0.2, 0.25) is 5.02 Å². The summed E-state index contributed by atoms with van der Waals surface area (Å²) < 4.78 is 21.3. The third kappa shape index (κ3) is 4.15.